The predicted octanol–water partition coefficient (Wildman–Crippen LogP) is 4.27. The number of hydrogen-bond acceptors (Lipinski definition) is 3. The molecule has 0 aliphatic heterocycles. The van der Waals surface area contributed by atoms with Gasteiger partial charge in [0.25, 0.3) is 0 Å². The number of aromatic nitrogens is 1. The number of aliphatic imine (C=N–C) groups is 1. The molecular weight excluding hydrogens is 452 g/mol. The summed E-state index contributed by atoms with van der Waals surface area (Å²) in [6.07, 6.45) is 0.571. The maximum atomic E-state index is 12.5. The number of nitrogens with zero attached hydrogens (tertiary/aromatic N) is 2. The third-order valence-corrected chi connectivity index (χ3v) is 5.02. The number of nitrogens with one attached hydrogen (secondary N) is 2. The number of hydrogen-bond donors (Lipinski definition) is 2. The molecule has 0 aromatic carbocycles. The van der Waals surface area contributed by atoms with Crippen LogP contribution in [0, 0.1) is 11.8 Å². The molecule has 1 aliphatic rings. The van der Waals surface area contributed by atoms with Crippen molar-refractivity contribution in [1.82, 2.24) is 15.6 Å². The summed E-state index contributed by atoms with van der Waals surface area (Å²) in [5.41, 5.74) is -0.835. The number of guanidine groups is 1. The molecule has 0 spiro atoms. The average Bonchev–Trinajstić information content (AvgIpc) is 2.98. The molecule has 1 heterocycles. The Morgan fingerprint density at radius 1 is 1.29 bits per heavy atom. The van der Waals surface area contributed by atoms with Crippen LogP contribution in [-0.2, 0) is 12.7 Å². The van der Waals surface area contributed by atoms with Crippen LogP contribution in [0.25, 0.3) is 0 Å². The lowest BCUT2D eigenvalue weighted by Gasteiger charge is -2.26. The van der Waals surface area contributed by atoms with Crippen LogP contribution in [0.5, 0.6) is 0 Å². The first-order chi connectivity index (χ1) is 10.9. The molecule has 1 saturated carbocycles. The summed E-state index contributed by atoms with van der Waals surface area (Å²) in [5.74, 6) is 2.06. The molecule has 1 aromatic heterocycles. The smallest absolute Gasteiger partial charge is 0.356 e. The monoisotopic (exact) mass is 476 g/mol. The minimum Gasteiger partial charge on any atom is -0.356 e. The standard InChI is InChI=1S/C15H23F3N4S.HI/c1-10-3-5-11(6-4-10)7-20-14(19-2)21-8-13-22-12(9-23-13)15(16,17)18;/h9-11H,3-8H2,1-2H3,(H2,19,20,21);1H. The second-order valence-corrected chi connectivity index (χ2v) is 7.00. The van der Waals surface area contributed by atoms with Crippen molar-refractivity contribution in [2.75, 3.05) is 13.6 Å². The highest BCUT2D eigenvalue weighted by atomic mass is 127. The zero-order valence-corrected chi connectivity index (χ0v) is 17.0. The van der Waals surface area contributed by atoms with Gasteiger partial charge in [-0.1, -0.05) is 19.8 Å². The third-order valence-electron chi connectivity index (χ3n) is 4.17. The molecule has 1 aliphatic carbocycles. The highest BCUT2D eigenvalue weighted by Gasteiger charge is 2.33. The molecule has 2 rings (SSSR count). The summed E-state index contributed by atoms with van der Waals surface area (Å²) in [7, 11) is 1.65. The SMILES string of the molecule is CN=C(NCc1nc(C(F)(F)F)cs1)NCC1CCC(C)CC1.I. The van der Waals surface area contributed by atoms with Crippen molar-refractivity contribution in [1.29, 1.82) is 0 Å². The molecule has 138 valence electrons. The summed E-state index contributed by atoms with van der Waals surface area (Å²) in [4.78, 5) is 7.70. The highest BCUT2D eigenvalue weighted by molar-refractivity contribution is 14.0. The van der Waals surface area contributed by atoms with Crippen LogP contribution in [0.2, 0.25) is 0 Å². The molecule has 0 atom stereocenters. The molecule has 0 unspecified atom stereocenters. The molecule has 0 radical (unpaired) electrons. The normalized spacial score (nSPS) is 22.0. The van der Waals surface area contributed by atoms with E-state index in [1.54, 1.807) is 7.05 Å². The summed E-state index contributed by atoms with van der Waals surface area (Å²) in [6, 6.07) is 0. The first-order valence-corrected chi connectivity index (χ1v) is 8.72. The Bertz CT molecular complexity index is 525. The van der Waals surface area contributed by atoms with Gasteiger partial charge in [0, 0.05) is 19.0 Å². The minimum atomic E-state index is -4.38. The summed E-state index contributed by atoms with van der Waals surface area (Å²) < 4.78 is 37.5. The van der Waals surface area contributed by atoms with Crippen molar-refractivity contribution in [3.63, 3.8) is 0 Å². The van der Waals surface area contributed by atoms with Crippen molar-refractivity contribution in [2.45, 2.75) is 45.3 Å². The maximum absolute atomic E-state index is 12.5. The largest absolute Gasteiger partial charge is 0.434 e. The van der Waals surface area contributed by atoms with Crippen LogP contribution in [0.15, 0.2) is 10.4 Å². The van der Waals surface area contributed by atoms with Gasteiger partial charge in [-0.3, -0.25) is 4.99 Å². The summed E-state index contributed by atoms with van der Waals surface area (Å²) in [5, 5.41) is 7.71. The van der Waals surface area contributed by atoms with Crippen LogP contribution in [-0.4, -0.2) is 24.5 Å². The van der Waals surface area contributed by atoms with Gasteiger partial charge in [0.05, 0.1) is 6.54 Å². The van der Waals surface area contributed by atoms with Crippen molar-refractivity contribution in [2.24, 2.45) is 16.8 Å². The summed E-state index contributed by atoms with van der Waals surface area (Å²) >= 11 is 0.999. The quantitative estimate of drug-likeness (QED) is 0.388. The van der Waals surface area contributed by atoms with E-state index in [1.165, 1.54) is 25.7 Å². The van der Waals surface area contributed by atoms with Gasteiger partial charge in [0.2, 0.25) is 0 Å². The molecule has 2 N–H and O–H groups in total. The van der Waals surface area contributed by atoms with Crippen molar-refractivity contribution < 1.29 is 13.2 Å². The zero-order valence-electron chi connectivity index (χ0n) is 13.8. The van der Waals surface area contributed by atoms with Crippen LogP contribution in [0.4, 0.5) is 13.2 Å². The molecule has 4 nitrogen and oxygen atoms in total. The zero-order chi connectivity index (χ0) is 16.9. The van der Waals surface area contributed by atoms with E-state index in [0.29, 0.717) is 16.9 Å². The molecule has 9 heteroatoms. The Hall–Kier alpha value is -0.580. The van der Waals surface area contributed by atoms with Gasteiger partial charge in [-0.2, -0.15) is 13.2 Å². The number of rotatable bonds is 4. The van der Waals surface area contributed by atoms with Crippen molar-refractivity contribution in [3.8, 4) is 0 Å². The van der Waals surface area contributed by atoms with Crippen LogP contribution >= 0.6 is 35.3 Å². The average molecular weight is 476 g/mol. The molecule has 1 fully saturated rings. The van der Waals surface area contributed by atoms with Gasteiger partial charge in [0.1, 0.15) is 5.01 Å². The second kappa shape index (κ2) is 9.79. The van der Waals surface area contributed by atoms with Crippen LogP contribution in [0.1, 0.15) is 43.3 Å². The predicted molar refractivity (Wildman–Crippen MR) is 102 cm³/mol. The highest BCUT2D eigenvalue weighted by Crippen LogP contribution is 2.30. The fourth-order valence-electron chi connectivity index (χ4n) is 2.68. The van der Waals surface area contributed by atoms with Gasteiger partial charge in [-0.25, -0.2) is 4.98 Å². The fraction of sp³-hybridized carbons (Fsp3) is 0.733. The molecular formula is C15H24F3IN4S. The Morgan fingerprint density at radius 3 is 2.50 bits per heavy atom. The van der Waals surface area contributed by atoms with Gasteiger partial charge in [-0.05, 0) is 24.7 Å². The van der Waals surface area contributed by atoms with Gasteiger partial charge in [0.15, 0.2) is 11.7 Å². The Morgan fingerprint density at radius 2 is 1.96 bits per heavy atom. The van der Waals surface area contributed by atoms with E-state index in [9.17, 15) is 13.2 Å². The van der Waals surface area contributed by atoms with E-state index < -0.39 is 11.9 Å². The lowest BCUT2D eigenvalue weighted by molar-refractivity contribution is -0.140. The summed E-state index contributed by atoms with van der Waals surface area (Å²) in [6.45, 7) is 3.37. The second-order valence-electron chi connectivity index (χ2n) is 6.06. The lowest BCUT2D eigenvalue weighted by atomic mass is 9.83. The van der Waals surface area contributed by atoms with Crippen molar-refractivity contribution >= 4 is 41.3 Å². The Kier molecular flexibility index (Phi) is 8.75. The third kappa shape index (κ3) is 6.73. The molecule has 0 amide bonds. The molecule has 0 saturated heterocycles. The van der Waals surface area contributed by atoms with Gasteiger partial charge < -0.3 is 10.6 Å². The number of alkyl halides is 3. The lowest BCUT2D eigenvalue weighted by Crippen LogP contribution is -2.40. The van der Waals surface area contributed by atoms with Gasteiger partial charge in [-0.15, -0.1) is 35.3 Å². The molecule has 1 aromatic rings. The van der Waals surface area contributed by atoms with Crippen molar-refractivity contribution in [3.05, 3.63) is 16.1 Å². The Labute approximate surface area is 161 Å². The Balaban J connectivity index is 0.00000288. The van der Waals surface area contributed by atoms with E-state index >= 15 is 0 Å². The van der Waals surface area contributed by atoms with E-state index in [2.05, 4.69) is 27.5 Å². The maximum Gasteiger partial charge on any atom is 0.434 e. The van der Waals surface area contributed by atoms with Crippen LogP contribution < -0.4 is 10.6 Å². The fourth-order valence-corrected chi connectivity index (χ4v) is 3.42. The first-order valence-electron chi connectivity index (χ1n) is 7.84. The van der Waals surface area contributed by atoms with Gasteiger partial charge >= 0.3 is 6.18 Å². The minimum absolute atomic E-state index is 0. The van der Waals surface area contributed by atoms with Crippen LogP contribution in [0.3, 0.4) is 0 Å². The van der Waals surface area contributed by atoms with E-state index in [0.717, 1.165) is 29.2 Å². The number of halogens is 4. The molecule has 24 heavy (non-hydrogen) atoms. The van der Waals surface area contributed by atoms with E-state index in [4.69, 9.17) is 0 Å². The number of thiazole rings is 1. The first kappa shape index (κ1) is 21.5. The topological polar surface area (TPSA) is 49.3 Å². The molecule has 0 bridgehead atoms. The van der Waals surface area contributed by atoms with E-state index in [1.807, 2.05) is 0 Å². The van der Waals surface area contributed by atoms with E-state index in [-0.39, 0.29) is 30.5 Å².